The van der Waals surface area contributed by atoms with E-state index >= 15 is 9.59 Å². The number of rotatable bonds is 35. The summed E-state index contributed by atoms with van der Waals surface area (Å²) in [6.45, 7) is 6.32. The molecule has 5 aromatic carbocycles. The number of unbranched alkanes of at least 4 members (excludes halogenated alkanes) is 6. The van der Waals surface area contributed by atoms with Gasteiger partial charge in [-0.3, -0.25) is 0 Å². The molecule has 10 heteroatoms. The van der Waals surface area contributed by atoms with Crippen LogP contribution in [-0.2, 0) is 19.2 Å². The molecule has 5 aromatic rings. The summed E-state index contributed by atoms with van der Waals surface area (Å²) in [6, 6.07) is 46.5. The molecule has 74 heavy (non-hydrogen) atoms. The van der Waals surface area contributed by atoms with Crippen LogP contribution in [0.25, 0.3) is 0 Å². The summed E-state index contributed by atoms with van der Waals surface area (Å²) in [5, 5.41) is 0. The average Bonchev–Trinajstić information content (AvgIpc) is 3.43. The van der Waals surface area contributed by atoms with Crippen molar-refractivity contribution < 1.29 is 31.6 Å². The standard InChI is InChI=1S/C64H92O7P2S/c1-7-13-43-72(44-14-8-2,45-15-9-3,49-31-41-61(54-33-23-19-24-34-54)55-35-25-20-26-36-55)70-63(65)58-51-59(53-60(52-58)74(67,68)69)64(66)71-73(46-16-10-4,47-17-11-5,48-18-12-6)50-32-42-62(56-37-27-21-28-38-56)57-39-29-22-30-40-57/h19-30,33-40,51-53,61-62H,7-18,31-32,41-50H2,1-6H3,(H,67,68,69). The molecule has 0 aromatic heterocycles. The molecule has 406 valence electrons. The minimum atomic E-state index is -4.86. The maximum absolute atomic E-state index is 15.4. The van der Waals surface area contributed by atoms with Crippen molar-refractivity contribution in [3.63, 3.8) is 0 Å². The van der Waals surface area contributed by atoms with Crippen LogP contribution < -0.4 is 0 Å². The van der Waals surface area contributed by atoms with Crippen molar-refractivity contribution in [3.05, 3.63) is 173 Å². The summed E-state index contributed by atoms with van der Waals surface area (Å²) in [5.41, 5.74) is 4.94. The van der Waals surface area contributed by atoms with E-state index in [1.54, 1.807) is 0 Å². The number of carbonyl (C=O) groups is 2. The molecule has 5 rings (SSSR count). The van der Waals surface area contributed by atoms with Crippen LogP contribution in [-0.4, -0.2) is 74.2 Å². The van der Waals surface area contributed by atoms with Gasteiger partial charge in [-0.05, 0) is 0 Å². The molecule has 0 atom stereocenters. The van der Waals surface area contributed by atoms with E-state index in [4.69, 9.17) is 9.05 Å². The van der Waals surface area contributed by atoms with E-state index in [1.165, 1.54) is 40.5 Å². The number of carbonyl (C=O) groups excluding carboxylic acids is 2. The number of hydrogen-bond acceptors (Lipinski definition) is 6. The summed E-state index contributed by atoms with van der Waals surface area (Å²) in [6.07, 6.45) is 20.8. The third-order valence-electron chi connectivity index (χ3n) is 16.1. The Morgan fingerprint density at radius 1 is 0.405 bits per heavy atom. The van der Waals surface area contributed by atoms with Gasteiger partial charge in [0.25, 0.3) is 0 Å². The molecule has 0 fully saturated rings. The van der Waals surface area contributed by atoms with Gasteiger partial charge in [0.1, 0.15) is 0 Å². The minimum absolute atomic E-state index is 0.0402. The zero-order valence-electron chi connectivity index (χ0n) is 46.1. The fourth-order valence-electron chi connectivity index (χ4n) is 11.8. The van der Waals surface area contributed by atoms with Crippen LogP contribution in [0.15, 0.2) is 144 Å². The molecule has 0 bridgehead atoms. The van der Waals surface area contributed by atoms with E-state index in [-0.39, 0.29) is 23.0 Å². The van der Waals surface area contributed by atoms with Crippen LogP contribution in [0.2, 0.25) is 0 Å². The monoisotopic (exact) mass is 1070 g/mol. The van der Waals surface area contributed by atoms with Gasteiger partial charge in [-0.1, -0.05) is 0 Å². The van der Waals surface area contributed by atoms with Crippen LogP contribution in [0, 0.1) is 0 Å². The van der Waals surface area contributed by atoms with Gasteiger partial charge >= 0.3 is 451 Å². The summed E-state index contributed by atoms with van der Waals surface area (Å²) in [4.78, 5) is 30.2. The number of hydrogen-bond donors (Lipinski definition) is 1. The molecule has 7 nitrogen and oxygen atoms in total. The van der Waals surface area contributed by atoms with Gasteiger partial charge in [0.15, 0.2) is 0 Å². The fraction of sp³-hybridized carbons (Fsp3) is 0.500. The molecule has 0 saturated heterocycles. The molecule has 0 unspecified atom stereocenters. The van der Waals surface area contributed by atoms with Gasteiger partial charge in [0.05, 0.1) is 0 Å². The maximum atomic E-state index is 15.4. The molecule has 0 radical (unpaired) electrons. The Kier molecular flexibility index (Phi) is 24.1. The van der Waals surface area contributed by atoms with Crippen molar-refractivity contribution in [1.82, 2.24) is 0 Å². The summed E-state index contributed by atoms with van der Waals surface area (Å²) < 4.78 is 51.9. The Labute approximate surface area is 448 Å². The van der Waals surface area contributed by atoms with Crippen molar-refractivity contribution in [3.8, 4) is 0 Å². The van der Waals surface area contributed by atoms with Gasteiger partial charge in [0.2, 0.25) is 0 Å². The van der Waals surface area contributed by atoms with Gasteiger partial charge in [-0.15, -0.1) is 0 Å². The van der Waals surface area contributed by atoms with Gasteiger partial charge in [-0.2, -0.15) is 0 Å². The summed E-state index contributed by atoms with van der Waals surface area (Å²) >= 11 is 0. The van der Waals surface area contributed by atoms with Crippen molar-refractivity contribution in [2.75, 3.05) is 49.3 Å². The Morgan fingerprint density at radius 2 is 0.649 bits per heavy atom. The third kappa shape index (κ3) is 16.9. The van der Waals surface area contributed by atoms with E-state index in [0.717, 1.165) is 152 Å². The van der Waals surface area contributed by atoms with Crippen molar-refractivity contribution >= 4 is 35.7 Å². The molecule has 0 aliphatic rings. The van der Waals surface area contributed by atoms with E-state index in [2.05, 4.69) is 163 Å². The van der Waals surface area contributed by atoms with Crippen LogP contribution in [0.3, 0.4) is 0 Å². The van der Waals surface area contributed by atoms with Gasteiger partial charge in [-0.25, -0.2) is 0 Å². The molecule has 1 N–H and O–H groups in total. The Hall–Kier alpha value is -4.19. The van der Waals surface area contributed by atoms with Crippen molar-refractivity contribution in [2.45, 2.75) is 161 Å². The topological polar surface area (TPSA) is 107 Å². The molecule has 0 spiro atoms. The molecular weight excluding hydrogens is 975 g/mol. The van der Waals surface area contributed by atoms with Crippen LogP contribution in [0.4, 0.5) is 0 Å². The van der Waals surface area contributed by atoms with Crippen LogP contribution in [0.5, 0.6) is 0 Å². The molecular formula is C64H92O7P2S. The van der Waals surface area contributed by atoms with E-state index in [9.17, 15) is 13.0 Å². The van der Waals surface area contributed by atoms with Gasteiger partial charge < -0.3 is 0 Å². The second-order valence-corrected chi connectivity index (χ2v) is 34.4. The molecule has 0 saturated carbocycles. The number of benzene rings is 5. The van der Waals surface area contributed by atoms with E-state index in [1.807, 2.05) is 0 Å². The van der Waals surface area contributed by atoms with Crippen LogP contribution >= 0.6 is 13.7 Å². The fourth-order valence-corrected chi connectivity index (χ4v) is 25.6. The third-order valence-corrected chi connectivity index (χ3v) is 29.8. The first-order chi connectivity index (χ1) is 35.7. The van der Waals surface area contributed by atoms with Crippen LogP contribution in [0.1, 0.15) is 199 Å². The Morgan fingerprint density at radius 3 is 0.878 bits per heavy atom. The molecule has 0 aliphatic heterocycles. The SMILES string of the molecule is CCCCP(CCCC)(CCCC)(CCCC(c1ccccc1)c1ccccc1)OC(=O)c1cc(C(=O)OP(CCCC)(CCCC)(CCCC)CCCC(c2ccccc2)c2ccccc2)cc(S(=O)(=O)O)c1. The molecule has 0 aliphatic carbocycles. The molecule has 0 amide bonds. The van der Waals surface area contributed by atoms with Gasteiger partial charge in [0, 0.05) is 0 Å². The second-order valence-electron chi connectivity index (χ2n) is 21.6. The summed E-state index contributed by atoms with van der Waals surface area (Å²) in [7, 11) is -4.86. The Balaban J connectivity index is 1.59. The van der Waals surface area contributed by atoms with Crippen molar-refractivity contribution in [1.29, 1.82) is 0 Å². The first-order valence-corrected chi connectivity index (χ1v) is 35.8. The summed E-state index contributed by atoms with van der Waals surface area (Å²) in [5.74, 6) is -0.916. The normalized spacial score (nSPS) is 13.3. The second kappa shape index (κ2) is 29.4. The zero-order chi connectivity index (χ0) is 53.4. The van der Waals surface area contributed by atoms with E-state index in [0.29, 0.717) is 0 Å². The zero-order valence-corrected chi connectivity index (χ0v) is 48.7. The average molecular weight is 1070 g/mol. The quantitative estimate of drug-likeness (QED) is 0.0318. The van der Waals surface area contributed by atoms with Crippen molar-refractivity contribution in [2.24, 2.45) is 0 Å². The van der Waals surface area contributed by atoms with E-state index < -0.39 is 40.6 Å². The first-order valence-electron chi connectivity index (χ1n) is 28.5. The predicted octanol–water partition coefficient (Wildman–Crippen LogP) is 18.2. The first kappa shape index (κ1) is 60.7. The predicted molar refractivity (Wildman–Crippen MR) is 317 cm³/mol. The Bertz CT molecular complexity index is 2270. The molecule has 0 heterocycles.